The first-order valence-corrected chi connectivity index (χ1v) is 8.96. The smallest absolute Gasteiger partial charge is 0.251 e. The number of pyridine rings is 1. The number of aromatic nitrogens is 1. The van der Waals surface area contributed by atoms with E-state index in [0.29, 0.717) is 11.3 Å². The third kappa shape index (κ3) is 4.81. The van der Waals surface area contributed by atoms with Crippen molar-refractivity contribution >= 4 is 23.3 Å². The van der Waals surface area contributed by atoms with E-state index in [0.717, 1.165) is 24.8 Å². The molecule has 3 rings (SSSR count). The molecule has 0 spiro atoms. The van der Waals surface area contributed by atoms with E-state index in [2.05, 4.69) is 27.4 Å². The molecule has 0 aliphatic carbocycles. The minimum absolute atomic E-state index is 0.0838. The van der Waals surface area contributed by atoms with Gasteiger partial charge in [-0.2, -0.15) is 0 Å². The van der Waals surface area contributed by atoms with Crippen LogP contribution in [0.15, 0.2) is 48.7 Å². The van der Waals surface area contributed by atoms with E-state index in [-0.39, 0.29) is 18.4 Å². The molecule has 6 heteroatoms. The van der Waals surface area contributed by atoms with Crippen LogP contribution >= 0.6 is 0 Å². The number of nitrogens with zero attached hydrogens (tertiary/aromatic N) is 2. The van der Waals surface area contributed by atoms with Crippen LogP contribution in [0.2, 0.25) is 0 Å². The van der Waals surface area contributed by atoms with Crippen molar-refractivity contribution in [3.63, 3.8) is 0 Å². The Morgan fingerprint density at radius 1 is 1.12 bits per heavy atom. The monoisotopic (exact) mass is 352 g/mol. The molecule has 136 valence electrons. The molecule has 0 radical (unpaired) electrons. The summed E-state index contributed by atoms with van der Waals surface area (Å²) in [4.78, 5) is 30.7. The summed E-state index contributed by atoms with van der Waals surface area (Å²) >= 11 is 0. The Kier molecular flexibility index (Phi) is 5.84. The molecule has 1 fully saturated rings. The lowest BCUT2D eigenvalue weighted by molar-refractivity contribution is -0.115. The van der Waals surface area contributed by atoms with Gasteiger partial charge in [0.05, 0.1) is 18.4 Å². The molecule has 26 heavy (non-hydrogen) atoms. The van der Waals surface area contributed by atoms with Crippen molar-refractivity contribution in [1.29, 1.82) is 0 Å². The SMILES string of the molecule is CC1CCN(c2ccc(NC(=O)CNC(=O)c3ccccc3)cn2)CC1. The van der Waals surface area contributed by atoms with Crippen LogP contribution in [-0.4, -0.2) is 36.4 Å². The molecule has 6 nitrogen and oxygen atoms in total. The van der Waals surface area contributed by atoms with Crippen LogP contribution in [0.3, 0.4) is 0 Å². The quantitative estimate of drug-likeness (QED) is 0.868. The second-order valence-electron chi connectivity index (χ2n) is 6.67. The van der Waals surface area contributed by atoms with E-state index < -0.39 is 0 Å². The third-order valence-corrected chi connectivity index (χ3v) is 4.58. The fraction of sp³-hybridized carbons (Fsp3) is 0.350. The first-order valence-electron chi connectivity index (χ1n) is 8.96. The van der Waals surface area contributed by atoms with E-state index in [1.165, 1.54) is 12.8 Å². The Labute approximate surface area is 153 Å². The zero-order valence-electron chi connectivity index (χ0n) is 14.9. The van der Waals surface area contributed by atoms with Crippen LogP contribution in [0.1, 0.15) is 30.1 Å². The number of anilines is 2. The number of piperidine rings is 1. The fourth-order valence-electron chi connectivity index (χ4n) is 2.94. The van der Waals surface area contributed by atoms with Crippen LogP contribution in [0, 0.1) is 5.92 Å². The third-order valence-electron chi connectivity index (χ3n) is 4.58. The Hall–Kier alpha value is -2.89. The van der Waals surface area contributed by atoms with Crippen molar-refractivity contribution in [3.05, 3.63) is 54.2 Å². The molecule has 1 aromatic carbocycles. The number of rotatable bonds is 5. The molecular formula is C20H24N4O2. The van der Waals surface area contributed by atoms with Crippen molar-refractivity contribution < 1.29 is 9.59 Å². The molecule has 2 amide bonds. The Morgan fingerprint density at radius 2 is 1.85 bits per heavy atom. The van der Waals surface area contributed by atoms with Crippen LogP contribution in [0.5, 0.6) is 0 Å². The zero-order valence-corrected chi connectivity index (χ0v) is 14.9. The van der Waals surface area contributed by atoms with Crippen molar-refractivity contribution in [2.75, 3.05) is 29.9 Å². The maximum atomic E-state index is 12.0. The summed E-state index contributed by atoms with van der Waals surface area (Å²) in [6.07, 6.45) is 4.02. The average Bonchev–Trinajstić information content (AvgIpc) is 2.68. The number of hydrogen-bond acceptors (Lipinski definition) is 4. The van der Waals surface area contributed by atoms with Gasteiger partial charge in [0.15, 0.2) is 0 Å². The molecule has 0 atom stereocenters. The normalized spacial score (nSPS) is 14.7. The summed E-state index contributed by atoms with van der Waals surface area (Å²) < 4.78 is 0. The number of benzene rings is 1. The summed E-state index contributed by atoms with van der Waals surface area (Å²) in [5.74, 6) is 1.16. The molecule has 1 aromatic heterocycles. The molecule has 0 bridgehead atoms. The van der Waals surface area contributed by atoms with Crippen molar-refractivity contribution in [2.24, 2.45) is 5.92 Å². The lowest BCUT2D eigenvalue weighted by Crippen LogP contribution is -2.33. The summed E-state index contributed by atoms with van der Waals surface area (Å²) in [6, 6.07) is 12.6. The van der Waals surface area contributed by atoms with Gasteiger partial charge in [0, 0.05) is 18.7 Å². The van der Waals surface area contributed by atoms with E-state index in [1.807, 2.05) is 18.2 Å². The molecule has 0 unspecified atom stereocenters. The van der Waals surface area contributed by atoms with Gasteiger partial charge in [0.2, 0.25) is 5.91 Å². The summed E-state index contributed by atoms with van der Waals surface area (Å²) in [5.41, 5.74) is 1.15. The van der Waals surface area contributed by atoms with Crippen LogP contribution in [0.4, 0.5) is 11.5 Å². The van der Waals surface area contributed by atoms with Gasteiger partial charge < -0.3 is 15.5 Å². The predicted octanol–water partition coefficient (Wildman–Crippen LogP) is 2.69. The van der Waals surface area contributed by atoms with Crippen molar-refractivity contribution in [3.8, 4) is 0 Å². The number of hydrogen-bond donors (Lipinski definition) is 2. The first kappa shape index (κ1) is 17.9. The van der Waals surface area contributed by atoms with E-state index >= 15 is 0 Å². The number of amides is 2. The largest absolute Gasteiger partial charge is 0.357 e. The molecule has 1 aliphatic heterocycles. The maximum absolute atomic E-state index is 12.0. The predicted molar refractivity (Wildman–Crippen MR) is 102 cm³/mol. The number of carbonyl (C=O) groups excluding carboxylic acids is 2. The van der Waals surface area contributed by atoms with Crippen molar-refractivity contribution in [1.82, 2.24) is 10.3 Å². The van der Waals surface area contributed by atoms with Crippen LogP contribution in [0.25, 0.3) is 0 Å². The zero-order chi connectivity index (χ0) is 18.4. The topological polar surface area (TPSA) is 74.3 Å². The average molecular weight is 352 g/mol. The van der Waals surface area contributed by atoms with E-state index in [1.54, 1.807) is 30.5 Å². The molecule has 1 saturated heterocycles. The Bertz CT molecular complexity index is 738. The second-order valence-corrected chi connectivity index (χ2v) is 6.67. The summed E-state index contributed by atoms with van der Waals surface area (Å²) in [7, 11) is 0. The molecule has 1 aliphatic rings. The second kappa shape index (κ2) is 8.47. The maximum Gasteiger partial charge on any atom is 0.251 e. The van der Waals surface area contributed by atoms with Gasteiger partial charge in [-0.3, -0.25) is 9.59 Å². The standard InChI is InChI=1S/C20H24N4O2/c1-15-9-11-24(12-10-15)18-8-7-17(13-21-18)23-19(25)14-22-20(26)16-5-3-2-4-6-16/h2-8,13,15H,9-12,14H2,1H3,(H,22,26)(H,23,25). The molecule has 2 heterocycles. The lowest BCUT2D eigenvalue weighted by Gasteiger charge is -2.31. The fourth-order valence-corrected chi connectivity index (χ4v) is 2.94. The van der Waals surface area contributed by atoms with E-state index in [4.69, 9.17) is 0 Å². The molecular weight excluding hydrogens is 328 g/mol. The van der Waals surface area contributed by atoms with Gasteiger partial charge in [0.1, 0.15) is 5.82 Å². The lowest BCUT2D eigenvalue weighted by atomic mass is 9.99. The van der Waals surface area contributed by atoms with Crippen molar-refractivity contribution in [2.45, 2.75) is 19.8 Å². The molecule has 2 aromatic rings. The first-order chi connectivity index (χ1) is 12.6. The van der Waals surface area contributed by atoms with E-state index in [9.17, 15) is 9.59 Å². The Morgan fingerprint density at radius 3 is 2.50 bits per heavy atom. The minimum Gasteiger partial charge on any atom is -0.357 e. The van der Waals surface area contributed by atoms with Gasteiger partial charge in [-0.15, -0.1) is 0 Å². The summed E-state index contributed by atoms with van der Waals surface area (Å²) in [6.45, 7) is 4.23. The highest BCUT2D eigenvalue weighted by atomic mass is 16.2. The van der Waals surface area contributed by atoms with Gasteiger partial charge in [-0.1, -0.05) is 25.1 Å². The van der Waals surface area contributed by atoms with Gasteiger partial charge >= 0.3 is 0 Å². The minimum atomic E-state index is -0.282. The molecule has 2 N–H and O–H groups in total. The van der Waals surface area contributed by atoms with Gasteiger partial charge in [-0.05, 0) is 43.0 Å². The van der Waals surface area contributed by atoms with Gasteiger partial charge in [-0.25, -0.2) is 4.98 Å². The summed E-state index contributed by atoms with van der Waals surface area (Å²) in [5, 5.41) is 5.36. The van der Waals surface area contributed by atoms with Gasteiger partial charge in [0.25, 0.3) is 5.91 Å². The highest BCUT2D eigenvalue weighted by Crippen LogP contribution is 2.22. The molecule has 0 saturated carbocycles. The number of carbonyl (C=O) groups is 2. The Balaban J connectivity index is 1.48. The highest BCUT2D eigenvalue weighted by molar-refractivity contribution is 5.99. The van der Waals surface area contributed by atoms with Crippen LogP contribution < -0.4 is 15.5 Å². The van der Waals surface area contributed by atoms with Crippen LogP contribution in [-0.2, 0) is 4.79 Å². The number of nitrogens with one attached hydrogen (secondary N) is 2. The highest BCUT2D eigenvalue weighted by Gasteiger charge is 2.16.